The average molecular weight is 188 g/mol. The fraction of sp³-hybridized carbons (Fsp3) is 0.167. The number of aliphatic hydroxyl groups excluding tert-OH is 1. The molecule has 1 aromatic carbocycles. The van der Waals surface area contributed by atoms with Crippen LogP contribution in [0.25, 0.3) is 0 Å². The Morgan fingerprint density at radius 2 is 1.86 bits per heavy atom. The molecular weight excluding hydrogens is 176 g/mol. The second kappa shape index (κ2) is 4.11. The smallest absolute Gasteiger partial charge is 0.113 e. The molecule has 0 bridgehead atoms. The summed E-state index contributed by atoms with van der Waals surface area (Å²) in [7, 11) is 0. The average Bonchev–Trinajstić information content (AvgIpc) is 2.67. The van der Waals surface area contributed by atoms with Crippen molar-refractivity contribution in [3.05, 3.63) is 59.5 Å². The van der Waals surface area contributed by atoms with Crippen molar-refractivity contribution in [2.75, 3.05) is 0 Å². The number of aliphatic hydroxyl groups is 1. The molecule has 1 heterocycles. The molecule has 0 amide bonds. The third-order valence-corrected chi connectivity index (χ3v) is 2.22. The van der Waals surface area contributed by atoms with Crippen LogP contribution in [0.3, 0.4) is 0 Å². The highest BCUT2D eigenvalue weighted by Gasteiger charge is 2.05. The zero-order valence-electron chi connectivity index (χ0n) is 7.81. The maximum absolute atomic E-state index is 9.03. The van der Waals surface area contributed by atoms with E-state index in [0.717, 1.165) is 17.7 Å². The van der Waals surface area contributed by atoms with Crippen LogP contribution < -0.4 is 0 Å². The first kappa shape index (κ1) is 9.03. The van der Waals surface area contributed by atoms with Gasteiger partial charge in [-0.2, -0.15) is 0 Å². The Kier molecular flexibility index (Phi) is 2.65. The number of furan rings is 1. The van der Waals surface area contributed by atoms with Crippen molar-refractivity contribution in [2.45, 2.75) is 13.0 Å². The van der Waals surface area contributed by atoms with Crippen LogP contribution in [0.2, 0.25) is 0 Å². The molecule has 0 aliphatic rings. The van der Waals surface area contributed by atoms with Crippen LogP contribution in [-0.4, -0.2) is 5.11 Å². The van der Waals surface area contributed by atoms with E-state index >= 15 is 0 Å². The summed E-state index contributed by atoms with van der Waals surface area (Å²) >= 11 is 0. The van der Waals surface area contributed by atoms with Crippen LogP contribution in [0.5, 0.6) is 0 Å². The predicted octanol–water partition coefficient (Wildman–Crippen LogP) is 2.36. The van der Waals surface area contributed by atoms with Gasteiger partial charge in [0, 0.05) is 12.0 Å². The fourth-order valence-electron chi connectivity index (χ4n) is 1.44. The monoisotopic (exact) mass is 188 g/mol. The van der Waals surface area contributed by atoms with Gasteiger partial charge in [-0.05, 0) is 11.6 Å². The second-order valence-corrected chi connectivity index (χ2v) is 3.19. The van der Waals surface area contributed by atoms with E-state index in [9.17, 15) is 0 Å². The van der Waals surface area contributed by atoms with E-state index in [1.54, 1.807) is 12.3 Å². The molecule has 0 atom stereocenters. The Labute approximate surface area is 82.8 Å². The molecule has 2 nitrogen and oxygen atoms in total. The predicted molar refractivity (Wildman–Crippen MR) is 53.9 cm³/mol. The quantitative estimate of drug-likeness (QED) is 0.802. The first-order valence-electron chi connectivity index (χ1n) is 4.60. The number of rotatable bonds is 3. The van der Waals surface area contributed by atoms with E-state index in [0.29, 0.717) is 0 Å². The first-order valence-corrected chi connectivity index (χ1v) is 4.60. The lowest BCUT2D eigenvalue weighted by Gasteiger charge is -1.99. The van der Waals surface area contributed by atoms with Gasteiger partial charge in [0.1, 0.15) is 5.76 Å². The second-order valence-electron chi connectivity index (χ2n) is 3.19. The van der Waals surface area contributed by atoms with Crippen molar-refractivity contribution in [2.24, 2.45) is 0 Å². The van der Waals surface area contributed by atoms with Crippen molar-refractivity contribution in [3.8, 4) is 0 Å². The molecule has 0 aliphatic carbocycles. The summed E-state index contributed by atoms with van der Waals surface area (Å²) < 4.78 is 5.30. The zero-order chi connectivity index (χ0) is 9.80. The van der Waals surface area contributed by atoms with Gasteiger partial charge < -0.3 is 9.52 Å². The lowest BCUT2D eigenvalue weighted by atomic mass is 10.1. The van der Waals surface area contributed by atoms with E-state index < -0.39 is 0 Å². The molecule has 0 saturated heterocycles. The van der Waals surface area contributed by atoms with Gasteiger partial charge in [0.2, 0.25) is 0 Å². The standard InChI is InChI=1S/C12H12O2/c13-9-11-6-7-14-12(11)8-10-4-2-1-3-5-10/h1-7,13H,8-9H2. The summed E-state index contributed by atoms with van der Waals surface area (Å²) in [5, 5.41) is 9.03. The normalized spacial score (nSPS) is 10.4. The van der Waals surface area contributed by atoms with Crippen LogP contribution in [0.4, 0.5) is 0 Å². The van der Waals surface area contributed by atoms with Gasteiger partial charge in [0.25, 0.3) is 0 Å². The van der Waals surface area contributed by atoms with Gasteiger partial charge >= 0.3 is 0 Å². The fourth-order valence-corrected chi connectivity index (χ4v) is 1.44. The molecular formula is C12H12O2. The lowest BCUT2D eigenvalue weighted by Crippen LogP contribution is -1.90. The Morgan fingerprint density at radius 3 is 2.57 bits per heavy atom. The van der Waals surface area contributed by atoms with E-state index in [4.69, 9.17) is 9.52 Å². The molecule has 2 rings (SSSR count). The lowest BCUT2D eigenvalue weighted by molar-refractivity contribution is 0.278. The Balaban J connectivity index is 2.19. The molecule has 0 unspecified atom stereocenters. The van der Waals surface area contributed by atoms with Crippen molar-refractivity contribution in [1.82, 2.24) is 0 Å². The highest BCUT2D eigenvalue weighted by molar-refractivity contribution is 5.25. The number of benzene rings is 1. The minimum absolute atomic E-state index is 0.0403. The first-order chi connectivity index (χ1) is 6.90. The van der Waals surface area contributed by atoms with E-state index in [1.807, 2.05) is 30.3 Å². The Hall–Kier alpha value is -1.54. The van der Waals surface area contributed by atoms with Gasteiger partial charge in [-0.3, -0.25) is 0 Å². The van der Waals surface area contributed by atoms with Crippen LogP contribution in [0.15, 0.2) is 47.1 Å². The summed E-state index contributed by atoms with van der Waals surface area (Å²) in [5.74, 6) is 0.846. The van der Waals surface area contributed by atoms with Crippen LogP contribution >= 0.6 is 0 Å². The van der Waals surface area contributed by atoms with Crippen molar-refractivity contribution in [1.29, 1.82) is 0 Å². The third kappa shape index (κ3) is 1.86. The van der Waals surface area contributed by atoms with Crippen LogP contribution in [-0.2, 0) is 13.0 Å². The number of hydrogen-bond donors (Lipinski definition) is 1. The molecule has 0 saturated carbocycles. The maximum atomic E-state index is 9.03. The summed E-state index contributed by atoms with van der Waals surface area (Å²) in [5.41, 5.74) is 2.06. The van der Waals surface area contributed by atoms with E-state index in [-0.39, 0.29) is 6.61 Å². The molecule has 0 radical (unpaired) electrons. The largest absolute Gasteiger partial charge is 0.469 e. The molecule has 0 spiro atoms. The molecule has 0 aliphatic heterocycles. The zero-order valence-corrected chi connectivity index (χ0v) is 7.81. The summed E-state index contributed by atoms with van der Waals surface area (Å²) in [6.45, 7) is 0.0403. The van der Waals surface area contributed by atoms with Gasteiger partial charge in [-0.1, -0.05) is 30.3 Å². The summed E-state index contributed by atoms with van der Waals surface area (Å²) in [6, 6.07) is 11.9. The topological polar surface area (TPSA) is 33.4 Å². The van der Waals surface area contributed by atoms with E-state index in [2.05, 4.69) is 0 Å². The Morgan fingerprint density at radius 1 is 1.07 bits per heavy atom. The molecule has 72 valence electrons. The molecule has 0 fully saturated rings. The molecule has 2 aromatic rings. The highest BCUT2D eigenvalue weighted by Crippen LogP contribution is 2.15. The van der Waals surface area contributed by atoms with Crippen molar-refractivity contribution in [3.63, 3.8) is 0 Å². The van der Waals surface area contributed by atoms with Crippen molar-refractivity contribution < 1.29 is 9.52 Å². The summed E-state index contributed by atoms with van der Waals surface area (Å²) in [4.78, 5) is 0. The summed E-state index contributed by atoms with van der Waals surface area (Å²) in [6.07, 6.45) is 2.35. The Bertz CT molecular complexity index is 390. The van der Waals surface area contributed by atoms with Gasteiger partial charge in [-0.15, -0.1) is 0 Å². The van der Waals surface area contributed by atoms with Gasteiger partial charge in [0.05, 0.1) is 12.9 Å². The SMILES string of the molecule is OCc1ccoc1Cc1ccccc1. The van der Waals surface area contributed by atoms with Crippen LogP contribution in [0.1, 0.15) is 16.9 Å². The molecule has 2 heteroatoms. The van der Waals surface area contributed by atoms with E-state index in [1.165, 1.54) is 5.56 Å². The van der Waals surface area contributed by atoms with Crippen molar-refractivity contribution >= 4 is 0 Å². The minimum atomic E-state index is 0.0403. The van der Waals surface area contributed by atoms with Gasteiger partial charge in [-0.25, -0.2) is 0 Å². The molecule has 1 N–H and O–H groups in total. The number of hydrogen-bond acceptors (Lipinski definition) is 2. The molecule has 1 aromatic heterocycles. The van der Waals surface area contributed by atoms with Crippen LogP contribution in [0, 0.1) is 0 Å². The molecule has 14 heavy (non-hydrogen) atoms. The maximum Gasteiger partial charge on any atom is 0.113 e. The highest BCUT2D eigenvalue weighted by atomic mass is 16.3. The third-order valence-electron chi connectivity index (χ3n) is 2.22. The van der Waals surface area contributed by atoms with Gasteiger partial charge in [0.15, 0.2) is 0 Å². The minimum Gasteiger partial charge on any atom is -0.469 e.